The lowest BCUT2D eigenvalue weighted by Crippen LogP contribution is -2.39. The Morgan fingerprint density at radius 3 is 2.23 bits per heavy atom. The lowest BCUT2D eigenvalue weighted by molar-refractivity contribution is -0.135. The van der Waals surface area contributed by atoms with Gasteiger partial charge in [0.1, 0.15) is 12.3 Å². The normalized spacial score (nSPS) is 10.3. The van der Waals surface area contributed by atoms with Crippen LogP contribution in [0.15, 0.2) is 83.5 Å². The predicted molar refractivity (Wildman–Crippen MR) is 113 cm³/mol. The molecule has 0 radical (unpaired) electrons. The van der Waals surface area contributed by atoms with Crippen LogP contribution in [0.25, 0.3) is 0 Å². The summed E-state index contributed by atoms with van der Waals surface area (Å²) >= 11 is 0. The topological polar surface area (TPSA) is 91.7 Å². The number of nitrogens with one attached hydrogen (secondary N) is 2. The van der Waals surface area contributed by atoms with Crippen LogP contribution in [0.1, 0.15) is 22.5 Å². The van der Waals surface area contributed by atoms with Gasteiger partial charge in [0.15, 0.2) is 0 Å². The van der Waals surface area contributed by atoms with E-state index in [-0.39, 0.29) is 43.8 Å². The van der Waals surface area contributed by atoms with Gasteiger partial charge in [0.2, 0.25) is 11.8 Å². The van der Waals surface area contributed by atoms with E-state index in [1.165, 1.54) is 11.2 Å². The molecule has 1 heterocycles. The zero-order chi connectivity index (χ0) is 21.2. The number of anilines is 1. The molecule has 0 unspecified atom stereocenters. The SMILES string of the molecule is O=C(CN(Cc1ccco1)C(=O)CCNC(=O)c1ccccc1)Nc1ccccc1. The lowest BCUT2D eigenvalue weighted by Gasteiger charge is -2.21. The summed E-state index contributed by atoms with van der Waals surface area (Å²) in [7, 11) is 0. The molecule has 0 aliphatic heterocycles. The third kappa shape index (κ3) is 6.34. The van der Waals surface area contributed by atoms with E-state index in [0.29, 0.717) is 17.0 Å². The highest BCUT2D eigenvalue weighted by molar-refractivity contribution is 5.95. The van der Waals surface area contributed by atoms with Crippen molar-refractivity contribution in [2.75, 3.05) is 18.4 Å². The number of amides is 3. The maximum Gasteiger partial charge on any atom is 0.251 e. The molecule has 7 heteroatoms. The fourth-order valence-electron chi connectivity index (χ4n) is 2.85. The first-order valence-electron chi connectivity index (χ1n) is 9.60. The number of furan rings is 1. The molecule has 154 valence electrons. The molecular weight excluding hydrogens is 382 g/mol. The van der Waals surface area contributed by atoms with Gasteiger partial charge in [-0.25, -0.2) is 0 Å². The summed E-state index contributed by atoms with van der Waals surface area (Å²) < 4.78 is 5.32. The van der Waals surface area contributed by atoms with Crippen LogP contribution in [-0.2, 0) is 16.1 Å². The minimum Gasteiger partial charge on any atom is -0.467 e. The van der Waals surface area contributed by atoms with Crippen molar-refractivity contribution < 1.29 is 18.8 Å². The Bertz CT molecular complexity index is 957. The van der Waals surface area contributed by atoms with E-state index >= 15 is 0 Å². The van der Waals surface area contributed by atoms with Gasteiger partial charge in [0.25, 0.3) is 5.91 Å². The lowest BCUT2D eigenvalue weighted by atomic mass is 10.2. The van der Waals surface area contributed by atoms with Gasteiger partial charge in [-0.05, 0) is 36.4 Å². The molecule has 3 aromatic rings. The number of rotatable bonds is 9. The molecule has 2 aromatic carbocycles. The molecule has 3 amide bonds. The van der Waals surface area contributed by atoms with Crippen molar-refractivity contribution in [3.63, 3.8) is 0 Å². The molecule has 0 aliphatic rings. The molecule has 1 aromatic heterocycles. The van der Waals surface area contributed by atoms with Crippen molar-refractivity contribution in [1.29, 1.82) is 0 Å². The van der Waals surface area contributed by atoms with Crippen LogP contribution in [-0.4, -0.2) is 35.7 Å². The van der Waals surface area contributed by atoms with E-state index in [0.717, 1.165) is 0 Å². The first kappa shape index (κ1) is 20.9. The van der Waals surface area contributed by atoms with Gasteiger partial charge in [-0.3, -0.25) is 14.4 Å². The number of hydrogen-bond donors (Lipinski definition) is 2. The Morgan fingerprint density at radius 2 is 1.57 bits per heavy atom. The van der Waals surface area contributed by atoms with Crippen LogP contribution in [0.4, 0.5) is 5.69 Å². The minimum atomic E-state index is -0.311. The second-order valence-corrected chi connectivity index (χ2v) is 6.62. The molecular formula is C23H23N3O4. The fourth-order valence-corrected chi connectivity index (χ4v) is 2.85. The highest BCUT2D eigenvalue weighted by atomic mass is 16.3. The number of hydrogen-bond acceptors (Lipinski definition) is 4. The number of carbonyl (C=O) groups is 3. The van der Waals surface area contributed by atoms with E-state index in [4.69, 9.17) is 4.42 Å². The van der Waals surface area contributed by atoms with E-state index < -0.39 is 0 Å². The summed E-state index contributed by atoms with van der Waals surface area (Å²) in [5, 5.41) is 5.50. The highest BCUT2D eigenvalue weighted by Crippen LogP contribution is 2.09. The van der Waals surface area contributed by atoms with Crippen molar-refractivity contribution in [2.45, 2.75) is 13.0 Å². The van der Waals surface area contributed by atoms with Gasteiger partial charge in [-0.1, -0.05) is 36.4 Å². The number of nitrogens with zero attached hydrogens (tertiary/aromatic N) is 1. The van der Waals surface area contributed by atoms with Gasteiger partial charge >= 0.3 is 0 Å². The molecule has 0 spiro atoms. The summed E-state index contributed by atoms with van der Waals surface area (Å²) in [4.78, 5) is 38.7. The third-order valence-electron chi connectivity index (χ3n) is 4.33. The van der Waals surface area contributed by atoms with Gasteiger partial charge in [0.05, 0.1) is 12.8 Å². The first-order valence-corrected chi connectivity index (χ1v) is 9.60. The number of benzene rings is 2. The molecule has 0 fully saturated rings. The average Bonchev–Trinajstić information content (AvgIpc) is 3.27. The molecule has 0 aliphatic carbocycles. The molecule has 2 N–H and O–H groups in total. The summed E-state index contributed by atoms with van der Waals surface area (Å²) in [5.41, 5.74) is 1.18. The third-order valence-corrected chi connectivity index (χ3v) is 4.33. The average molecular weight is 405 g/mol. The molecule has 0 saturated carbocycles. The largest absolute Gasteiger partial charge is 0.467 e. The Kier molecular flexibility index (Phi) is 7.38. The second-order valence-electron chi connectivity index (χ2n) is 6.62. The summed E-state index contributed by atoms with van der Waals surface area (Å²) in [5.74, 6) is -0.246. The number of para-hydroxylation sites is 1. The monoisotopic (exact) mass is 405 g/mol. The van der Waals surface area contributed by atoms with Crippen LogP contribution in [0, 0.1) is 0 Å². The second kappa shape index (κ2) is 10.6. The van der Waals surface area contributed by atoms with Crippen LogP contribution < -0.4 is 10.6 Å². The standard InChI is InChI=1S/C23H23N3O4/c27-21(25-19-10-5-2-6-11-19)17-26(16-20-12-7-15-30-20)22(28)13-14-24-23(29)18-8-3-1-4-9-18/h1-12,15H,13-14,16-17H2,(H,24,29)(H,25,27). The summed E-state index contributed by atoms with van der Waals surface area (Å²) in [6, 6.07) is 21.3. The highest BCUT2D eigenvalue weighted by Gasteiger charge is 2.19. The van der Waals surface area contributed by atoms with E-state index in [9.17, 15) is 14.4 Å². The van der Waals surface area contributed by atoms with Crippen molar-refractivity contribution in [3.8, 4) is 0 Å². The van der Waals surface area contributed by atoms with Gasteiger partial charge in [0, 0.05) is 24.2 Å². The molecule has 0 saturated heterocycles. The Balaban J connectivity index is 1.56. The van der Waals surface area contributed by atoms with Crippen molar-refractivity contribution in [2.24, 2.45) is 0 Å². The summed E-state index contributed by atoms with van der Waals surface area (Å²) in [6.07, 6.45) is 1.58. The molecule has 3 rings (SSSR count). The maximum absolute atomic E-state index is 12.7. The van der Waals surface area contributed by atoms with E-state index in [1.54, 1.807) is 48.5 Å². The van der Waals surface area contributed by atoms with Crippen molar-refractivity contribution in [1.82, 2.24) is 10.2 Å². The fraction of sp³-hybridized carbons (Fsp3) is 0.174. The Hall–Kier alpha value is -3.87. The van der Waals surface area contributed by atoms with Crippen molar-refractivity contribution in [3.05, 3.63) is 90.4 Å². The quantitative estimate of drug-likeness (QED) is 0.572. The molecule has 30 heavy (non-hydrogen) atoms. The molecule has 7 nitrogen and oxygen atoms in total. The van der Waals surface area contributed by atoms with Gasteiger partial charge in [-0.15, -0.1) is 0 Å². The number of carbonyl (C=O) groups excluding carboxylic acids is 3. The van der Waals surface area contributed by atoms with Crippen LogP contribution in [0.3, 0.4) is 0 Å². The van der Waals surface area contributed by atoms with Crippen LogP contribution >= 0.6 is 0 Å². The molecule has 0 bridgehead atoms. The van der Waals surface area contributed by atoms with E-state index in [1.807, 2.05) is 24.3 Å². The summed E-state index contributed by atoms with van der Waals surface area (Å²) in [6.45, 7) is 0.212. The maximum atomic E-state index is 12.7. The zero-order valence-corrected chi connectivity index (χ0v) is 16.4. The Labute approximate surface area is 174 Å². The van der Waals surface area contributed by atoms with Crippen molar-refractivity contribution >= 4 is 23.4 Å². The van der Waals surface area contributed by atoms with Crippen LogP contribution in [0.5, 0.6) is 0 Å². The first-order chi connectivity index (χ1) is 14.6. The van der Waals surface area contributed by atoms with Gasteiger partial charge < -0.3 is 20.0 Å². The smallest absolute Gasteiger partial charge is 0.251 e. The minimum absolute atomic E-state index is 0.0674. The Morgan fingerprint density at radius 1 is 0.867 bits per heavy atom. The molecule has 0 atom stereocenters. The van der Waals surface area contributed by atoms with Crippen LogP contribution in [0.2, 0.25) is 0 Å². The predicted octanol–water partition coefficient (Wildman–Crippen LogP) is 3.07. The zero-order valence-electron chi connectivity index (χ0n) is 16.4. The van der Waals surface area contributed by atoms with E-state index in [2.05, 4.69) is 10.6 Å². The van der Waals surface area contributed by atoms with Gasteiger partial charge in [-0.2, -0.15) is 0 Å².